The standard InChI is InChI=1S/C14H16ClN3O3S/c1-10(8-16-22(19,20)9-11(2)15)14-17-13(18-21-14)12-6-4-3-5-7-12/h3-7,10,16H,2,8-9H2,1H3/t10-/m0/s1. The van der Waals surface area contributed by atoms with E-state index in [2.05, 4.69) is 21.4 Å². The number of nitrogens with one attached hydrogen (secondary N) is 1. The van der Waals surface area contributed by atoms with Crippen LogP contribution >= 0.6 is 11.6 Å². The van der Waals surface area contributed by atoms with Gasteiger partial charge in [0, 0.05) is 23.1 Å². The SMILES string of the molecule is C=C(Cl)CS(=O)(=O)NC[C@H](C)c1nc(-c2ccccc2)no1. The minimum Gasteiger partial charge on any atom is -0.339 e. The summed E-state index contributed by atoms with van der Waals surface area (Å²) < 4.78 is 31.0. The summed E-state index contributed by atoms with van der Waals surface area (Å²) in [6, 6.07) is 9.39. The van der Waals surface area contributed by atoms with Crippen molar-refractivity contribution in [3.63, 3.8) is 0 Å². The number of hydrogen-bond donors (Lipinski definition) is 1. The predicted octanol–water partition coefficient (Wildman–Crippen LogP) is 2.51. The Balaban J connectivity index is 2.01. The van der Waals surface area contributed by atoms with Crippen LogP contribution in [0.25, 0.3) is 11.4 Å². The number of aromatic nitrogens is 2. The van der Waals surface area contributed by atoms with Gasteiger partial charge in [0.05, 0.1) is 5.75 Å². The second-order valence-corrected chi connectivity index (χ2v) is 7.19. The smallest absolute Gasteiger partial charge is 0.231 e. The van der Waals surface area contributed by atoms with Crippen LogP contribution in [0.15, 0.2) is 46.5 Å². The van der Waals surface area contributed by atoms with Crippen LogP contribution in [0.1, 0.15) is 18.7 Å². The normalized spacial score (nSPS) is 13.0. The average Bonchev–Trinajstić information content (AvgIpc) is 2.94. The summed E-state index contributed by atoms with van der Waals surface area (Å²) in [6.45, 7) is 5.30. The first kappa shape index (κ1) is 16.7. The van der Waals surface area contributed by atoms with Crippen molar-refractivity contribution < 1.29 is 12.9 Å². The highest BCUT2D eigenvalue weighted by atomic mass is 35.5. The Kier molecular flexibility index (Phi) is 5.33. The lowest BCUT2D eigenvalue weighted by Crippen LogP contribution is -2.30. The third-order valence-electron chi connectivity index (χ3n) is 2.85. The summed E-state index contributed by atoms with van der Waals surface area (Å²) in [5.74, 6) is 0.259. The molecule has 6 nitrogen and oxygen atoms in total. The van der Waals surface area contributed by atoms with Crippen molar-refractivity contribution in [3.05, 3.63) is 47.8 Å². The van der Waals surface area contributed by atoms with Crippen LogP contribution in [-0.4, -0.2) is 30.9 Å². The van der Waals surface area contributed by atoms with Crippen molar-refractivity contribution >= 4 is 21.6 Å². The molecule has 0 fully saturated rings. The highest BCUT2D eigenvalue weighted by Crippen LogP contribution is 2.19. The maximum atomic E-state index is 11.7. The highest BCUT2D eigenvalue weighted by Gasteiger charge is 2.18. The second kappa shape index (κ2) is 7.04. The number of halogens is 1. The van der Waals surface area contributed by atoms with Crippen molar-refractivity contribution in [3.8, 4) is 11.4 Å². The molecule has 0 aliphatic rings. The maximum Gasteiger partial charge on any atom is 0.231 e. The van der Waals surface area contributed by atoms with Crippen molar-refractivity contribution in [2.24, 2.45) is 0 Å². The van der Waals surface area contributed by atoms with Gasteiger partial charge in [0.2, 0.25) is 21.7 Å². The molecule has 0 spiro atoms. The Morgan fingerprint density at radius 2 is 2.09 bits per heavy atom. The van der Waals surface area contributed by atoms with Crippen molar-refractivity contribution in [1.29, 1.82) is 0 Å². The van der Waals surface area contributed by atoms with E-state index < -0.39 is 10.0 Å². The van der Waals surface area contributed by atoms with E-state index in [9.17, 15) is 8.42 Å². The van der Waals surface area contributed by atoms with E-state index >= 15 is 0 Å². The Bertz CT molecular complexity index is 744. The minimum atomic E-state index is -3.50. The Morgan fingerprint density at radius 3 is 2.73 bits per heavy atom. The summed E-state index contributed by atoms with van der Waals surface area (Å²) in [5, 5.41) is 3.96. The van der Waals surface area contributed by atoms with Gasteiger partial charge in [-0.3, -0.25) is 0 Å². The molecule has 1 heterocycles. The van der Waals surface area contributed by atoms with Crippen LogP contribution in [0, 0.1) is 0 Å². The molecule has 0 aliphatic heterocycles. The van der Waals surface area contributed by atoms with Gasteiger partial charge >= 0.3 is 0 Å². The Morgan fingerprint density at radius 1 is 1.41 bits per heavy atom. The molecule has 0 radical (unpaired) electrons. The molecule has 0 saturated heterocycles. The van der Waals surface area contributed by atoms with Gasteiger partial charge in [0.1, 0.15) is 0 Å². The first-order valence-corrected chi connectivity index (χ1v) is 8.60. The van der Waals surface area contributed by atoms with Gasteiger partial charge in [0.25, 0.3) is 0 Å². The number of rotatable bonds is 7. The Hall–Kier alpha value is -1.70. The fraction of sp³-hybridized carbons (Fsp3) is 0.286. The van der Waals surface area contributed by atoms with Crippen LogP contribution in [-0.2, 0) is 10.0 Å². The molecule has 0 amide bonds. The molecule has 2 aromatic rings. The van der Waals surface area contributed by atoms with E-state index in [-0.39, 0.29) is 23.2 Å². The maximum absolute atomic E-state index is 11.7. The summed E-state index contributed by atoms with van der Waals surface area (Å²) in [4.78, 5) is 4.29. The third kappa shape index (κ3) is 4.66. The first-order valence-electron chi connectivity index (χ1n) is 6.57. The van der Waals surface area contributed by atoms with E-state index in [1.807, 2.05) is 30.3 Å². The number of sulfonamides is 1. The molecule has 0 bridgehead atoms. The Labute approximate surface area is 134 Å². The third-order valence-corrected chi connectivity index (χ3v) is 4.48. The average molecular weight is 342 g/mol. The van der Waals surface area contributed by atoms with Gasteiger partial charge in [0.15, 0.2) is 0 Å². The van der Waals surface area contributed by atoms with Gasteiger partial charge < -0.3 is 4.52 Å². The van der Waals surface area contributed by atoms with Crippen LogP contribution in [0.5, 0.6) is 0 Å². The second-order valence-electron chi connectivity index (χ2n) is 4.85. The molecule has 0 unspecified atom stereocenters. The molecule has 1 N–H and O–H groups in total. The zero-order chi connectivity index (χ0) is 16.2. The molecule has 8 heteroatoms. The van der Waals surface area contributed by atoms with Gasteiger partial charge in [-0.15, -0.1) is 0 Å². The minimum absolute atomic E-state index is 0.0595. The van der Waals surface area contributed by atoms with Crippen LogP contribution in [0.4, 0.5) is 0 Å². The molecule has 0 saturated carbocycles. The molecular formula is C14H16ClN3O3S. The van der Waals surface area contributed by atoms with E-state index in [0.29, 0.717) is 11.7 Å². The first-order chi connectivity index (χ1) is 10.4. The molecule has 1 atom stereocenters. The quantitative estimate of drug-likeness (QED) is 0.836. The fourth-order valence-corrected chi connectivity index (χ4v) is 3.19. The zero-order valence-corrected chi connectivity index (χ0v) is 13.6. The molecule has 118 valence electrons. The predicted molar refractivity (Wildman–Crippen MR) is 84.9 cm³/mol. The molecule has 2 rings (SSSR count). The molecule has 0 aliphatic carbocycles. The van der Waals surface area contributed by atoms with E-state index in [4.69, 9.17) is 16.1 Å². The van der Waals surface area contributed by atoms with E-state index in [0.717, 1.165) is 5.56 Å². The molecule has 22 heavy (non-hydrogen) atoms. The van der Waals surface area contributed by atoms with Crippen LogP contribution in [0.3, 0.4) is 0 Å². The highest BCUT2D eigenvalue weighted by molar-refractivity contribution is 7.89. The number of nitrogens with zero attached hydrogens (tertiary/aromatic N) is 2. The van der Waals surface area contributed by atoms with Crippen molar-refractivity contribution in [2.45, 2.75) is 12.8 Å². The number of hydrogen-bond acceptors (Lipinski definition) is 5. The molecule has 1 aromatic heterocycles. The van der Waals surface area contributed by atoms with E-state index in [1.165, 1.54) is 0 Å². The summed E-state index contributed by atoms with van der Waals surface area (Å²) in [7, 11) is -3.50. The zero-order valence-electron chi connectivity index (χ0n) is 12.0. The van der Waals surface area contributed by atoms with Crippen molar-refractivity contribution in [1.82, 2.24) is 14.9 Å². The monoisotopic (exact) mass is 341 g/mol. The summed E-state index contributed by atoms with van der Waals surface area (Å²) in [5.41, 5.74) is 0.837. The van der Waals surface area contributed by atoms with Gasteiger partial charge in [-0.1, -0.05) is 60.6 Å². The van der Waals surface area contributed by atoms with Gasteiger partial charge in [-0.05, 0) is 0 Å². The molecule has 1 aromatic carbocycles. The van der Waals surface area contributed by atoms with Crippen LogP contribution in [0.2, 0.25) is 0 Å². The largest absolute Gasteiger partial charge is 0.339 e. The fourth-order valence-electron chi connectivity index (χ4n) is 1.74. The van der Waals surface area contributed by atoms with Crippen LogP contribution < -0.4 is 4.72 Å². The number of benzene rings is 1. The summed E-state index contributed by atoms with van der Waals surface area (Å²) in [6.07, 6.45) is 0. The molecular weight excluding hydrogens is 326 g/mol. The van der Waals surface area contributed by atoms with E-state index in [1.54, 1.807) is 6.92 Å². The van der Waals surface area contributed by atoms with Crippen molar-refractivity contribution in [2.75, 3.05) is 12.3 Å². The lowest BCUT2D eigenvalue weighted by atomic mass is 10.2. The topological polar surface area (TPSA) is 85.1 Å². The van der Waals surface area contributed by atoms with Gasteiger partial charge in [-0.2, -0.15) is 4.98 Å². The lowest BCUT2D eigenvalue weighted by Gasteiger charge is -2.08. The summed E-state index contributed by atoms with van der Waals surface area (Å²) >= 11 is 5.51. The lowest BCUT2D eigenvalue weighted by molar-refractivity contribution is 0.359. The van der Waals surface area contributed by atoms with Gasteiger partial charge in [-0.25, -0.2) is 13.1 Å².